The molecule has 1 saturated heterocycles. The summed E-state index contributed by atoms with van der Waals surface area (Å²) in [5.74, 6) is -0.805. The van der Waals surface area contributed by atoms with Gasteiger partial charge in [0, 0.05) is 14.2 Å². The summed E-state index contributed by atoms with van der Waals surface area (Å²) < 4.78 is 21.6. The predicted molar refractivity (Wildman–Crippen MR) is 47.3 cm³/mol. The molecule has 0 aromatic heterocycles. The molecule has 0 aliphatic carbocycles. The van der Waals surface area contributed by atoms with Crippen LogP contribution in [0.1, 0.15) is 20.8 Å². The van der Waals surface area contributed by atoms with Crippen LogP contribution in [0.5, 0.6) is 0 Å². The molecule has 0 amide bonds. The van der Waals surface area contributed by atoms with Gasteiger partial charge in [0.15, 0.2) is 0 Å². The Morgan fingerprint density at radius 2 is 1.77 bits per heavy atom. The Labute approximate surface area is 79.1 Å². The van der Waals surface area contributed by atoms with Gasteiger partial charge in [0.1, 0.15) is 0 Å². The van der Waals surface area contributed by atoms with Crippen LogP contribution in [-0.2, 0) is 18.9 Å². The van der Waals surface area contributed by atoms with Crippen LogP contribution in [0.4, 0.5) is 0 Å². The van der Waals surface area contributed by atoms with E-state index in [2.05, 4.69) is 0 Å². The van der Waals surface area contributed by atoms with Gasteiger partial charge in [0.05, 0.1) is 12.2 Å². The number of methoxy groups -OCH3 is 2. The maximum absolute atomic E-state index is 5.67. The molecule has 78 valence electrons. The van der Waals surface area contributed by atoms with Crippen LogP contribution in [-0.4, -0.2) is 38.5 Å². The van der Waals surface area contributed by atoms with E-state index in [-0.39, 0.29) is 12.2 Å². The van der Waals surface area contributed by atoms with Gasteiger partial charge in [0.2, 0.25) is 12.1 Å². The van der Waals surface area contributed by atoms with Gasteiger partial charge in [-0.15, -0.1) is 0 Å². The topological polar surface area (TPSA) is 36.9 Å². The van der Waals surface area contributed by atoms with E-state index in [0.29, 0.717) is 0 Å². The second kappa shape index (κ2) is 3.92. The predicted octanol–water partition coefficient (Wildman–Crippen LogP) is 1.15. The fourth-order valence-corrected chi connectivity index (χ4v) is 1.36. The van der Waals surface area contributed by atoms with E-state index < -0.39 is 12.1 Å². The van der Waals surface area contributed by atoms with E-state index in [1.54, 1.807) is 14.2 Å². The van der Waals surface area contributed by atoms with Crippen LogP contribution in [0.25, 0.3) is 0 Å². The molecule has 13 heavy (non-hydrogen) atoms. The third-order valence-electron chi connectivity index (χ3n) is 2.47. The van der Waals surface area contributed by atoms with E-state index >= 15 is 0 Å². The second-order valence-corrected chi connectivity index (χ2v) is 3.45. The van der Waals surface area contributed by atoms with Gasteiger partial charge >= 0.3 is 0 Å². The summed E-state index contributed by atoms with van der Waals surface area (Å²) in [5.41, 5.74) is 0. The average molecular weight is 190 g/mol. The molecule has 4 atom stereocenters. The van der Waals surface area contributed by atoms with E-state index in [9.17, 15) is 0 Å². The minimum atomic E-state index is -0.805. The highest BCUT2D eigenvalue weighted by Crippen LogP contribution is 2.30. The highest BCUT2D eigenvalue weighted by molar-refractivity contribution is 4.78. The summed E-state index contributed by atoms with van der Waals surface area (Å²) in [4.78, 5) is 0. The zero-order valence-corrected chi connectivity index (χ0v) is 8.87. The largest absolute Gasteiger partial charge is 0.351 e. The molecular formula is C9H18O4. The van der Waals surface area contributed by atoms with Crippen molar-refractivity contribution in [2.45, 2.75) is 45.1 Å². The van der Waals surface area contributed by atoms with Crippen molar-refractivity contribution in [1.29, 1.82) is 0 Å². The number of hydrogen-bond acceptors (Lipinski definition) is 4. The van der Waals surface area contributed by atoms with Crippen LogP contribution < -0.4 is 0 Å². The Morgan fingerprint density at radius 1 is 1.15 bits per heavy atom. The fourth-order valence-electron chi connectivity index (χ4n) is 1.36. The zero-order valence-electron chi connectivity index (χ0n) is 8.87. The number of ether oxygens (including phenoxy) is 4. The first-order chi connectivity index (χ1) is 6.03. The van der Waals surface area contributed by atoms with Gasteiger partial charge in [-0.3, -0.25) is 0 Å². The molecule has 4 heteroatoms. The normalized spacial score (nSPS) is 46.4. The lowest BCUT2D eigenvalue weighted by atomic mass is 10.2. The van der Waals surface area contributed by atoms with E-state index in [1.165, 1.54) is 0 Å². The molecule has 1 rings (SSSR count). The Hall–Kier alpha value is -0.160. The summed E-state index contributed by atoms with van der Waals surface area (Å²) in [7, 11) is 3.16. The molecule has 0 radical (unpaired) electrons. The third kappa shape index (κ3) is 2.02. The average Bonchev–Trinajstić information content (AvgIpc) is 2.11. The summed E-state index contributed by atoms with van der Waals surface area (Å²) in [5, 5.41) is 0. The first-order valence-corrected chi connectivity index (χ1v) is 4.44. The van der Waals surface area contributed by atoms with Gasteiger partial charge in [-0.25, -0.2) is 0 Å². The van der Waals surface area contributed by atoms with Crippen molar-refractivity contribution in [3.05, 3.63) is 0 Å². The summed E-state index contributed by atoms with van der Waals surface area (Å²) in [6, 6.07) is 0. The van der Waals surface area contributed by atoms with Gasteiger partial charge in [-0.05, 0) is 20.8 Å². The quantitative estimate of drug-likeness (QED) is 0.654. The third-order valence-corrected chi connectivity index (χ3v) is 2.47. The molecule has 3 unspecified atom stereocenters. The molecule has 0 saturated carbocycles. The monoisotopic (exact) mass is 190 g/mol. The van der Waals surface area contributed by atoms with Crippen LogP contribution in [0.3, 0.4) is 0 Å². The van der Waals surface area contributed by atoms with Crippen molar-refractivity contribution >= 4 is 0 Å². The number of hydrogen-bond donors (Lipinski definition) is 0. The highest BCUT2D eigenvalue weighted by Gasteiger charge is 2.45. The first-order valence-electron chi connectivity index (χ1n) is 4.44. The molecule has 0 aromatic rings. The van der Waals surface area contributed by atoms with Gasteiger partial charge in [-0.2, -0.15) is 0 Å². The summed E-state index contributed by atoms with van der Waals surface area (Å²) in [6.07, 6.45) is -0.437. The minimum Gasteiger partial charge on any atom is -0.351 e. The van der Waals surface area contributed by atoms with E-state index in [4.69, 9.17) is 18.9 Å². The van der Waals surface area contributed by atoms with Gasteiger partial charge < -0.3 is 18.9 Å². The van der Waals surface area contributed by atoms with Crippen molar-refractivity contribution in [3.63, 3.8) is 0 Å². The zero-order chi connectivity index (χ0) is 10.1. The molecule has 1 fully saturated rings. The lowest BCUT2D eigenvalue weighted by molar-refractivity contribution is -0.396. The van der Waals surface area contributed by atoms with Crippen molar-refractivity contribution < 1.29 is 18.9 Å². The Morgan fingerprint density at radius 3 is 2.23 bits per heavy atom. The maximum Gasteiger partial charge on any atom is 0.217 e. The number of rotatable bonds is 2. The Bertz CT molecular complexity index is 173. The SMILES string of the molecule is COC1OC(C)C(C)O[C@@]1(C)OC. The maximum atomic E-state index is 5.67. The van der Waals surface area contributed by atoms with Crippen LogP contribution in [0, 0.1) is 0 Å². The van der Waals surface area contributed by atoms with Crippen LogP contribution in [0.2, 0.25) is 0 Å². The smallest absolute Gasteiger partial charge is 0.217 e. The molecule has 0 bridgehead atoms. The molecule has 1 aliphatic heterocycles. The summed E-state index contributed by atoms with van der Waals surface area (Å²) >= 11 is 0. The molecule has 1 aliphatic rings. The van der Waals surface area contributed by atoms with E-state index in [0.717, 1.165) is 0 Å². The van der Waals surface area contributed by atoms with Crippen molar-refractivity contribution in [2.24, 2.45) is 0 Å². The lowest BCUT2D eigenvalue weighted by Crippen LogP contribution is -2.56. The van der Waals surface area contributed by atoms with Crippen molar-refractivity contribution in [3.8, 4) is 0 Å². The minimum absolute atomic E-state index is 0.0105. The second-order valence-electron chi connectivity index (χ2n) is 3.45. The molecule has 4 nitrogen and oxygen atoms in total. The molecule has 0 aromatic carbocycles. The lowest BCUT2D eigenvalue weighted by Gasteiger charge is -2.44. The van der Waals surface area contributed by atoms with Gasteiger partial charge in [0.25, 0.3) is 0 Å². The van der Waals surface area contributed by atoms with Crippen molar-refractivity contribution in [1.82, 2.24) is 0 Å². The first kappa shape index (κ1) is 10.9. The van der Waals surface area contributed by atoms with Crippen LogP contribution in [0.15, 0.2) is 0 Å². The van der Waals surface area contributed by atoms with E-state index in [1.807, 2.05) is 20.8 Å². The highest BCUT2D eigenvalue weighted by atomic mass is 16.8. The molecule has 0 spiro atoms. The molecular weight excluding hydrogens is 172 g/mol. The van der Waals surface area contributed by atoms with Gasteiger partial charge in [-0.1, -0.05) is 0 Å². The fraction of sp³-hybridized carbons (Fsp3) is 1.00. The summed E-state index contributed by atoms with van der Waals surface area (Å²) in [6.45, 7) is 5.71. The molecule has 0 N–H and O–H groups in total. The molecule has 1 heterocycles. The Balaban J connectivity index is 2.72. The van der Waals surface area contributed by atoms with Crippen LogP contribution >= 0.6 is 0 Å². The standard InChI is InChI=1S/C9H18O4/c1-6-7(2)13-9(3,11-5)8(10-4)12-6/h6-8H,1-5H3/t6?,7?,8?,9-/m1/s1. The Kier molecular flexibility index (Phi) is 3.29. The van der Waals surface area contributed by atoms with Crippen molar-refractivity contribution in [2.75, 3.05) is 14.2 Å².